The highest BCUT2D eigenvalue weighted by Gasteiger charge is 2.22. The van der Waals surface area contributed by atoms with Crippen LogP contribution < -0.4 is 10.8 Å². The van der Waals surface area contributed by atoms with Gasteiger partial charge in [-0.2, -0.15) is 0 Å². The third kappa shape index (κ3) is 4.07. The van der Waals surface area contributed by atoms with Crippen molar-refractivity contribution in [3.63, 3.8) is 0 Å². The lowest BCUT2D eigenvalue weighted by Crippen LogP contribution is -2.27. The fourth-order valence-electron chi connectivity index (χ4n) is 2.30. The zero-order valence-corrected chi connectivity index (χ0v) is 12.5. The van der Waals surface area contributed by atoms with E-state index in [9.17, 15) is 4.79 Å². The van der Waals surface area contributed by atoms with E-state index in [1.807, 2.05) is 54.6 Å². The molecule has 0 saturated carbocycles. The summed E-state index contributed by atoms with van der Waals surface area (Å²) in [6.07, 6.45) is 0. The first-order valence-corrected chi connectivity index (χ1v) is 7.08. The molecule has 1 amide bonds. The molecule has 5 nitrogen and oxygen atoms in total. The average molecular weight is 300 g/mol. The highest BCUT2D eigenvalue weighted by Crippen LogP contribution is 2.26. The van der Waals surface area contributed by atoms with Gasteiger partial charge < -0.3 is 10.1 Å². The second kappa shape index (κ2) is 8.17. The molecule has 0 spiro atoms. The number of hydrogen-bond donors (Lipinski definition) is 3. The third-order valence-electron chi connectivity index (χ3n) is 3.38. The van der Waals surface area contributed by atoms with Crippen LogP contribution in [0.4, 0.5) is 5.69 Å². The number of ether oxygens (including phenoxy) is 1. The van der Waals surface area contributed by atoms with E-state index >= 15 is 0 Å². The van der Waals surface area contributed by atoms with Gasteiger partial charge >= 0.3 is 0 Å². The first-order valence-electron chi connectivity index (χ1n) is 7.08. The SMILES string of the molecule is COCCNc1ccc(C(C(=O)NO)c2ccccc2)cc1. The average Bonchev–Trinajstić information content (AvgIpc) is 2.57. The van der Waals surface area contributed by atoms with Gasteiger partial charge in [0.1, 0.15) is 0 Å². The summed E-state index contributed by atoms with van der Waals surface area (Å²) in [6, 6.07) is 16.9. The lowest BCUT2D eigenvalue weighted by Gasteiger charge is -2.16. The molecule has 0 aliphatic heterocycles. The number of anilines is 1. The van der Waals surface area contributed by atoms with Crippen LogP contribution in [-0.2, 0) is 9.53 Å². The van der Waals surface area contributed by atoms with Crippen LogP contribution in [0.15, 0.2) is 54.6 Å². The lowest BCUT2D eigenvalue weighted by molar-refractivity contribution is -0.129. The maximum atomic E-state index is 12.0. The van der Waals surface area contributed by atoms with Crippen molar-refractivity contribution < 1.29 is 14.7 Å². The first kappa shape index (κ1) is 16.0. The Bertz CT molecular complexity index is 585. The van der Waals surface area contributed by atoms with Gasteiger partial charge in [-0.3, -0.25) is 10.0 Å². The number of benzene rings is 2. The summed E-state index contributed by atoms with van der Waals surface area (Å²) in [6.45, 7) is 1.34. The van der Waals surface area contributed by atoms with Gasteiger partial charge in [-0.05, 0) is 23.3 Å². The number of carbonyl (C=O) groups excluding carboxylic acids is 1. The van der Waals surface area contributed by atoms with E-state index < -0.39 is 11.8 Å². The molecule has 5 heteroatoms. The Balaban J connectivity index is 2.20. The van der Waals surface area contributed by atoms with E-state index in [-0.39, 0.29) is 0 Å². The van der Waals surface area contributed by atoms with Crippen molar-refractivity contribution in [3.8, 4) is 0 Å². The number of amides is 1. The van der Waals surface area contributed by atoms with Gasteiger partial charge in [0.25, 0.3) is 5.91 Å². The highest BCUT2D eigenvalue weighted by atomic mass is 16.5. The minimum atomic E-state index is -0.542. The van der Waals surface area contributed by atoms with Crippen molar-refractivity contribution in [3.05, 3.63) is 65.7 Å². The van der Waals surface area contributed by atoms with Gasteiger partial charge in [0, 0.05) is 19.3 Å². The molecule has 0 aromatic heterocycles. The molecule has 0 fully saturated rings. The summed E-state index contributed by atoms with van der Waals surface area (Å²) >= 11 is 0. The van der Waals surface area contributed by atoms with Crippen LogP contribution in [0.5, 0.6) is 0 Å². The van der Waals surface area contributed by atoms with Crippen LogP contribution in [0, 0.1) is 0 Å². The molecule has 0 saturated heterocycles. The zero-order chi connectivity index (χ0) is 15.8. The van der Waals surface area contributed by atoms with Crippen molar-refractivity contribution in [2.75, 3.05) is 25.6 Å². The van der Waals surface area contributed by atoms with E-state index in [1.165, 1.54) is 0 Å². The van der Waals surface area contributed by atoms with E-state index in [1.54, 1.807) is 12.6 Å². The monoisotopic (exact) mass is 300 g/mol. The normalized spacial score (nSPS) is 11.7. The number of nitrogens with one attached hydrogen (secondary N) is 2. The Morgan fingerprint density at radius 3 is 2.32 bits per heavy atom. The summed E-state index contributed by atoms with van der Waals surface area (Å²) in [7, 11) is 1.66. The van der Waals surface area contributed by atoms with Gasteiger partial charge in [-0.1, -0.05) is 42.5 Å². The molecule has 3 N–H and O–H groups in total. The molecule has 2 rings (SSSR count). The summed E-state index contributed by atoms with van der Waals surface area (Å²) in [5, 5.41) is 12.2. The predicted octanol–water partition coefficient (Wildman–Crippen LogP) is 2.38. The molecule has 0 radical (unpaired) electrons. The van der Waals surface area contributed by atoms with E-state index in [2.05, 4.69) is 5.32 Å². The Morgan fingerprint density at radius 1 is 1.09 bits per heavy atom. The quantitative estimate of drug-likeness (QED) is 0.417. The molecule has 2 aromatic rings. The Labute approximate surface area is 129 Å². The molecule has 1 unspecified atom stereocenters. The summed E-state index contributed by atoms with van der Waals surface area (Å²) in [4.78, 5) is 12.0. The van der Waals surface area contributed by atoms with Crippen molar-refractivity contribution in [2.24, 2.45) is 0 Å². The fraction of sp³-hybridized carbons (Fsp3) is 0.235. The van der Waals surface area contributed by atoms with Crippen LogP contribution in [0.25, 0.3) is 0 Å². The number of carbonyl (C=O) groups is 1. The molecular weight excluding hydrogens is 280 g/mol. The minimum Gasteiger partial charge on any atom is -0.383 e. The topological polar surface area (TPSA) is 70.6 Å². The van der Waals surface area contributed by atoms with E-state index in [0.29, 0.717) is 6.61 Å². The summed E-state index contributed by atoms with van der Waals surface area (Å²) < 4.78 is 4.99. The van der Waals surface area contributed by atoms with Crippen LogP contribution >= 0.6 is 0 Å². The van der Waals surface area contributed by atoms with Crippen molar-refractivity contribution in [2.45, 2.75) is 5.92 Å². The number of rotatable bonds is 7. The van der Waals surface area contributed by atoms with Crippen molar-refractivity contribution >= 4 is 11.6 Å². The Kier molecular flexibility index (Phi) is 5.94. The molecule has 116 valence electrons. The lowest BCUT2D eigenvalue weighted by atomic mass is 9.90. The van der Waals surface area contributed by atoms with E-state index in [0.717, 1.165) is 23.4 Å². The maximum Gasteiger partial charge on any atom is 0.255 e. The number of methoxy groups -OCH3 is 1. The predicted molar refractivity (Wildman–Crippen MR) is 85.0 cm³/mol. The van der Waals surface area contributed by atoms with E-state index in [4.69, 9.17) is 9.94 Å². The Morgan fingerprint density at radius 2 is 1.73 bits per heavy atom. The van der Waals surface area contributed by atoms with Gasteiger partial charge in [0.05, 0.1) is 12.5 Å². The molecule has 0 bridgehead atoms. The number of hydroxylamine groups is 1. The molecule has 1 atom stereocenters. The summed E-state index contributed by atoms with van der Waals surface area (Å²) in [5.74, 6) is -0.995. The first-order chi connectivity index (χ1) is 10.8. The Hall–Kier alpha value is -2.37. The minimum absolute atomic E-state index is 0.453. The molecule has 0 heterocycles. The van der Waals surface area contributed by atoms with Crippen LogP contribution in [0.1, 0.15) is 17.0 Å². The maximum absolute atomic E-state index is 12.0. The standard InChI is InChI=1S/C17H20N2O3/c1-22-12-11-18-15-9-7-14(8-10-15)16(17(20)19-21)13-5-3-2-4-6-13/h2-10,16,18,21H,11-12H2,1H3,(H,19,20). The second-order valence-corrected chi connectivity index (χ2v) is 4.86. The van der Waals surface area contributed by atoms with Crippen LogP contribution in [0.3, 0.4) is 0 Å². The molecule has 2 aromatic carbocycles. The molecule has 22 heavy (non-hydrogen) atoms. The molecular formula is C17H20N2O3. The van der Waals surface area contributed by atoms with Crippen LogP contribution in [-0.4, -0.2) is 31.4 Å². The van der Waals surface area contributed by atoms with Crippen molar-refractivity contribution in [1.29, 1.82) is 0 Å². The third-order valence-corrected chi connectivity index (χ3v) is 3.38. The molecule has 0 aliphatic rings. The van der Waals surface area contributed by atoms with Crippen LogP contribution in [0.2, 0.25) is 0 Å². The number of hydrogen-bond acceptors (Lipinski definition) is 4. The van der Waals surface area contributed by atoms with Gasteiger partial charge in [-0.25, -0.2) is 5.48 Å². The summed E-state index contributed by atoms with van der Waals surface area (Å²) in [5.41, 5.74) is 4.35. The molecule has 0 aliphatic carbocycles. The van der Waals surface area contributed by atoms with Gasteiger partial charge in [-0.15, -0.1) is 0 Å². The van der Waals surface area contributed by atoms with Crippen molar-refractivity contribution in [1.82, 2.24) is 5.48 Å². The van der Waals surface area contributed by atoms with Gasteiger partial charge in [0.15, 0.2) is 0 Å². The largest absolute Gasteiger partial charge is 0.383 e. The van der Waals surface area contributed by atoms with Gasteiger partial charge in [0.2, 0.25) is 0 Å². The fourth-order valence-corrected chi connectivity index (χ4v) is 2.30. The smallest absolute Gasteiger partial charge is 0.255 e. The zero-order valence-electron chi connectivity index (χ0n) is 12.5. The highest BCUT2D eigenvalue weighted by molar-refractivity contribution is 5.86. The second-order valence-electron chi connectivity index (χ2n) is 4.86.